The fourth-order valence-corrected chi connectivity index (χ4v) is 2.49. The molecule has 1 atom stereocenters. The number of benzene rings is 1. The van der Waals surface area contributed by atoms with Crippen molar-refractivity contribution in [2.75, 3.05) is 5.75 Å². The second kappa shape index (κ2) is 5.65. The van der Waals surface area contributed by atoms with Crippen molar-refractivity contribution >= 4 is 11.8 Å². The van der Waals surface area contributed by atoms with Crippen molar-refractivity contribution < 1.29 is 32.7 Å². The van der Waals surface area contributed by atoms with Crippen LogP contribution in [-0.2, 0) is 39.3 Å². The summed E-state index contributed by atoms with van der Waals surface area (Å²) in [4.78, 5) is 3.43. The molecular weight excluding hydrogens is 267 g/mol. The van der Waals surface area contributed by atoms with Crippen LogP contribution in [0.4, 0.5) is 0 Å². The Bertz CT molecular complexity index is 303. The minimum absolute atomic E-state index is 0. The van der Waals surface area contributed by atoms with Crippen molar-refractivity contribution in [3.05, 3.63) is 43.8 Å². The Morgan fingerprint density at radius 2 is 2.07 bits per heavy atom. The second-order valence-corrected chi connectivity index (χ2v) is 4.38. The molecule has 0 aromatic heterocycles. The van der Waals surface area contributed by atoms with Crippen molar-refractivity contribution in [1.82, 2.24) is 4.90 Å². The average Bonchev–Trinajstić information content (AvgIpc) is 2.28. The molecule has 3 heteroatoms. The van der Waals surface area contributed by atoms with Gasteiger partial charge in [-0.3, -0.25) is 7.05 Å². The zero-order valence-corrected chi connectivity index (χ0v) is 11.8. The average molecular weight is 280 g/mol. The smallest absolute Gasteiger partial charge is 0.0116 e. The van der Waals surface area contributed by atoms with E-state index in [1.807, 2.05) is 11.8 Å². The van der Waals surface area contributed by atoms with Gasteiger partial charge in [-0.25, -0.2) is 0 Å². The Morgan fingerprint density at radius 1 is 1.36 bits per heavy atom. The second-order valence-electron chi connectivity index (χ2n) is 3.32. The Morgan fingerprint density at radius 3 is 2.86 bits per heavy atom. The van der Waals surface area contributed by atoms with Gasteiger partial charge in [-0.2, -0.15) is 0 Å². The van der Waals surface area contributed by atoms with Gasteiger partial charge < -0.3 is 11.8 Å². The van der Waals surface area contributed by atoms with Crippen LogP contribution in [0.2, 0.25) is 0 Å². The topological polar surface area (TPSA) is 3.24 Å². The molecule has 14 heavy (non-hydrogen) atoms. The first kappa shape index (κ1) is 12.7. The maximum absolute atomic E-state index is 4.06. The van der Waals surface area contributed by atoms with Gasteiger partial charge in [0, 0.05) is 37.6 Å². The number of hydrogen-bond acceptors (Lipinski definition) is 2. The van der Waals surface area contributed by atoms with Gasteiger partial charge in [-0.15, -0.1) is 17.8 Å². The fourth-order valence-electron chi connectivity index (χ4n) is 1.41. The van der Waals surface area contributed by atoms with Crippen LogP contribution in [0.15, 0.2) is 29.2 Å². The summed E-state index contributed by atoms with van der Waals surface area (Å²) in [6.45, 7) is 4.98. The maximum Gasteiger partial charge on any atom is 0.0116 e. The summed E-state index contributed by atoms with van der Waals surface area (Å²) in [6, 6.07) is 8.82. The minimum Gasteiger partial charge on any atom is -0.477 e. The van der Waals surface area contributed by atoms with Crippen LogP contribution >= 0.6 is 11.8 Å². The van der Waals surface area contributed by atoms with E-state index < -0.39 is 0 Å². The molecular formula is C11H13NSY-2. The number of thioether (sulfide) groups is 1. The summed E-state index contributed by atoms with van der Waals surface area (Å²) >= 11 is 1.88. The van der Waals surface area contributed by atoms with Gasteiger partial charge in [0.1, 0.15) is 0 Å². The summed E-state index contributed by atoms with van der Waals surface area (Å²) in [5, 5.41) is 0. The summed E-state index contributed by atoms with van der Waals surface area (Å²) < 4.78 is 0. The fraction of sp³-hybridized carbons (Fsp3) is 0.273. The van der Waals surface area contributed by atoms with Crippen LogP contribution in [0, 0.1) is 14.0 Å². The Balaban J connectivity index is 0.000000980. The van der Waals surface area contributed by atoms with E-state index >= 15 is 0 Å². The van der Waals surface area contributed by atoms with E-state index in [2.05, 4.69) is 43.1 Å². The first-order chi connectivity index (χ1) is 6.27. The van der Waals surface area contributed by atoms with E-state index in [0.717, 1.165) is 12.3 Å². The van der Waals surface area contributed by atoms with Crippen LogP contribution in [0.3, 0.4) is 0 Å². The molecule has 0 aliphatic carbocycles. The van der Waals surface area contributed by atoms with Gasteiger partial charge in [-0.05, 0) is 23.9 Å². The summed E-state index contributed by atoms with van der Waals surface area (Å²) in [6.07, 6.45) is 0. The van der Waals surface area contributed by atoms with E-state index in [0.29, 0.717) is 6.04 Å². The zero-order chi connectivity index (χ0) is 9.26. The van der Waals surface area contributed by atoms with Crippen molar-refractivity contribution in [2.24, 2.45) is 0 Å². The molecule has 0 bridgehead atoms. The van der Waals surface area contributed by atoms with E-state index in [-0.39, 0.29) is 32.7 Å². The predicted octanol–water partition coefficient (Wildman–Crippen LogP) is 2.59. The van der Waals surface area contributed by atoms with E-state index in [1.54, 1.807) is 0 Å². The monoisotopic (exact) mass is 280 g/mol. The number of fused-ring (bicyclic) bond motifs is 1. The van der Waals surface area contributed by atoms with Crippen LogP contribution in [0.25, 0.3) is 0 Å². The molecule has 1 aromatic rings. The molecule has 73 valence electrons. The zero-order valence-electron chi connectivity index (χ0n) is 8.15. The van der Waals surface area contributed by atoms with Crippen molar-refractivity contribution in [3.8, 4) is 0 Å². The van der Waals surface area contributed by atoms with Gasteiger partial charge in [0.15, 0.2) is 0 Å². The first-order valence-corrected chi connectivity index (χ1v) is 5.37. The van der Waals surface area contributed by atoms with Crippen LogP contribution in [0.5, 0.6) is 0 Å². The van der Waals surface area contributed by atoms with E-state index in [1.165, 1.54) is 10.5 Å². The third kappa shape index (κ3) is 2.82. The number of hydrogen-bond donors (Lipinski definition) is 0. The molecule has 0 amide bonds. The Labute approximate surface area is 116 Å². The standard InChI is InChI=1S/C11H13NS.Y/c1-9-8-13-11-6-4-3-5-10(11)7-12(9)2;/h3-6,9H,1-2,7-8H2;/q-2;. The molecule has 1 aliphatic rings. The quantitative estimate of drug-likeness (QED) is 0.672. The van der Waals surface area contributed by atoms with Crippen molar-refractivity contribution in [3.63, 3.8) is 0 Å². The van der Waals surface area contributed by atoms with Gasteiger partial charge in [0.25, 0.3) is 0 Å². The molecule has 0 fully saturated rings. The van der Waals surface area contributed by atoms with Crippen LogP contribution in [-0.4, -0.2) is 16.7 Å². The normalized spacial score (nSPS) is 22.0. The van der Waals surface area contributed by atoms with Crippen LogP contribution in [0.1, 0.15) is 5.56 Å². The molecule has 1 radical (unpaired) electrons. The van der Waals surface area contributed by atoms with E-state index in [9.17, 15) is 0 Å². The van der Waals surface area contributed by atoms with Crippen molar-refractivity contribution in [1.29, 1.82) is 0 Å². The summed E-state index contributed by atoms with van der Waals surface area (Å²) in [5.74, 6) is 1.03. The molecule has 0 spiro atoms. The van der Waals surface area contributed by atoms with Crippen LogP contribution < -0.4 is 0 Å². The summed E-state index contributed by atoms with van der Waals surface area (Å²) in [7, 11) is 3.99. The Kier molecular flexibility index (Phi) is 5.12. The SMILES string of the molecule is [CH2-]C1CSc2ccccc2CN1[CH2-].[Y]. The maximum atomic E-state index is 4.06. The Hall–Kier alpha value is 0.634. The van der Waals surface area contributed by atoms with Crippen molar-refractivity contribution in [2.45, 2.75) is 17.5 Å². The molecule has 1 aliphatic heterocycles. The third-order valence-corrected chi connectivity index (χ3v) is 3.55. The largest absolute Gasteiger partial charge is 0.477 e. The van der Waals surface area contributed by atoms with Gasteiger partial charge in [0.05, 0.1) is 0 Å². The van der Waals surface area contributed by atoms with E-state index in [4.69, 9.17) is 0 Å². The van der Waals surface area contributed by atoms with Gasteiger partial charge in [0.2, 0.25) is 0 Å². The predicted molar refractivity (Wildman–Crippen MR) is 57.2 cm³/mol. The number of nitrogens with zero attached hydrogens (tertiary/aromatic N) is 1. The third-order valence-electron chi connectivity index (χ3n) is 2.29. The summed E-state index contributed by atoms with van der Waals surface area (Å²) in [5.41, 5.74) is 1.37. The first-order valence-electron chi connectivity index (χ1n) is 4.38. The molecule has 0 N–H and O–H groups in total. The molecule has 0 saturated heterocycles. The molecule has 1 heterocycles. The minimum atomic E-state index is 0. The molecule has 1 unspecified atom stereocenters. The van der Waals surface area contributed by atoms with Gasteiger partial charge in [-0.1, -0.05) is 18.2 Å². The van der Waals surface area contributed by atoms with Gasteiger partial charge >= 0.3 is 0 Å². The molecule has 0 saturated carbocycles. The molecule has 2 rings (SSSR count). The number of rotatable bonds is 0. The molecule has 1 aromatic carbocycles. The molecule has 1 nitrogen and oxygen atoms in total.